The van der Waals surface area contributed by atoms with Gasteiger partial charge in [0.1, 0.15) is 5.60 Å². The smallest absolute Gasteiger partial charge is 0.421 e. The van der Waals surface area contributed by atoms with Gasteiger partial charge in [-0.05, 0) is 45.2 Å². The molecule has 5 heteroatoms. The molecule has 1 aliphatic heterocycles. The fraction of sp³-hybridized carbons (Fsp3) is 0.467. The minimum absolute atomic E-state index is 0.413. The monoisotopic (exact) mass is 276 g/mol. The quantitative estimate of drug-likeness (QED) is 0.788. The van der Waals surface area contributed by atoms with E-state index in [1.807, 2.05) is 12.1 Å². The minimum atomic E-state index is -0.685. The Labute approximate surface area is 118 Å². The molecule has 0 fully saturated rings. The third-order valence-electron chi connectivity index (χ3n) is 3.07. The standard InChI is InChI=1S/C15H20N2O3/c1-15(2,3)20-14(19)17-12-7-5-4-6-10(12)8-9-11(16)13(17)18/h4-7,11H,8-9,16H2,1-3H3/t11-/m1/s1. The number of rotatable bonds is 0. The fourth-order valence-electron chi connectivity index (χ4n) is 2.16. The summed E-state index contributed by atoms with van der Waals surface area (Å²) in [5, 5.41) is 0. The zero-order valence-corrected chi connectivity index (χ0v) is 12.1. The van der Waals surface area contributed by atoms with Gasteiger partial charge in [0.25, 0.3) is 5.91 Å². The van der Waals surface area contributed by atoms with Gasteiger partial charge in [-0.1, -0.05) is 18.2 Å². The highest BCUT2D eigenvalue weighted by atomic mass is 16.6. The molecule has 1 aromatic rings. The summed E-state index contributed by atoms with van der Waals surface area (Å²) in [7, 11) is 0. The maximum Gasteiger partial charge on any atom is 0.421 e. The number of anilines is 1. The third kappa shape index (κ3) is 2.99. The van der Waals surface area contributed by atoms with Crippen LogP contribution in [0.1, 0.15) is 32.8 Å². The van der Waals surface area contributed by atoms with Crippen molar-refractivity contribution in [3.8, 4) is 0 Å². The van der Waals surface area contributed by atoms with E-state index < -0.39 is 23.6 Å². The first kappa shape index (κ1) is 14.5. The third-order valence-corrected chi connectivity index (χ3v) is 3.07. The summed E-state index contributed by atoms with van der Waals surface area (Å²) >= 11 is 0. The lowest BCUT2D eigenvalue weighted by Gasteiger charge is -2.27. The number of amides is 2. The summed E-state index contributed by atoms with van der Waals surface area (Å²) < 4.78 is 5.32. The van der Waals surface area contributed by atoms with Crippen molar-refractivity contribution in [3.05, 3.63) is 29.8 Å². The Balaban J connectivity index is 2.41. The number of aryl methyl sites for hydroxylation is 1. The van der Waals surface area contributed by atoms with Gasteiger partial charge in [-0.3, -0.25) is 4.79 Å². The topological polar surface area (TPSA) is 72.6 Å². The largest absolute Gasteiger partial charge is 0.443 e. The molecule has 0 aromatic heterocycles. The van der Waals surface area contributed by atoms with E-state index in [0.717, 1.165) is 10.5 Å². The molecular weight excluding hydrogens is 256 g/mol. The van der Waals surface area contributed by atoms with Crippen molar-refractivity contribution in [1.29, 1.82) is 0 Å². The Morgan fingerprint density at radius 3 is 2.65 bits per heavy atom. The lowest BCUT2D eigenvalue weighted by Crippen LogP contribution is -2.48. The molecule has 2 N–H and O–H groups in total. The average Bonchev–Trinajstić information content (AvgIpc) is 2.46. The van der Waals surface area contributed by atoms with Crippen LogP contribution in [0, 0.1) is 0 Å². The van der Waals surface area contributed by atoms with Crippen LogP contribution in [0.15, 0.2) is 24.3 Å². The Kier molecular flexibility index (Phi) is 3.81. The molecule has 20 heavy (non-hydrogen) atoms. The van der Waals surface area contributed by atoms with Crippen molar-refractivity contribution in [3.63, 3.8) is 0 Å². The SMILES string of the molecule is CC(C)(C)OC(=O)N1C(=O)[C@H](N)CCc2ccccc21. The van der Waals surface area contributed by atoms with E-state index in [0.29, 0.717) is 18.5 Å². The number of imide groups is 1. The second-order valence-electron chi connectivity index (χ2n) is 5.93. The van der Waals surface area contributed by atoms with Crippen LogP contribution in [0.5, 0.6) is 0 Å². The summed E-state index contributed by atoms with van der Waals surface area (Å²) in [6.45, 7) is 5.29. The molecule has 0 bridgehead atoms. The highest BCUT2D eigenvalue weighted by Gasteiger charge is 2.35. The second kappa shape index (κ2) is 5.25. The van der Waals surface area contributed by atoms with Crippen molar-refractivity contribution in [1.82, 2.24) is 0 Å². The molecule has 0 radical (unpaired) electrons. The predicted molar refractivity (Wildman–Crippen MR) is 76.5 cm³/mol. The molecular formula is C15H20N2O3. The van der Waals surface area contributed by atoms with Crippen molar-refractivity contribution < 1.29 is 14.3 Å². The number of benzene rings is 1. The Hall–Kier alpha value is -1.88. The van der Waals surface area contributed by atoms with Gasteiger partial charge >= 0.3 is 6.09 Å². The highest BCUT2D eigenvalue weighted by Crippen LogP contribution is 2.28. The number of nitrogens with two attached hydrogens (primary N) is 1. The first-order valence-corrected chi connectivity index (χ1v) is 6.70. The zero-order chi connectivity index (χ0) is 14.9. The average molecular weight is 276 g/mol. The number of fused-ring (bicyclic) bond motifs is 1. The minimum Gasteiger partial charge on any atom is -0.443 e. The molecule has 0 aliphatic carbocycles. The van der Waals surface area contributed by atoms with Gasteiger partial charge in [-0.2, -0.15) is 0 Å². The number of hydrogen-bond donors (Lipinski definition) is 1. The summed E-state index contributed by atoms with van der Waals surface area (Å²) in [4.78, 5) is 25.7. The van der Waals surface area contributed by atoms with Crippen molar-refractivity contribution >= 4 is 17.7 Å². The molecule has 0 unspecified atom stereocenters. The molecule has 2 amide bonds. The summed E-state index contributed by atoms with van der Waals surface area (Å²) in [6.07, 6.45) is 0.518. The van der Waals surface area contributed by atoms with E-state index >= 15 is 0 Å². The van der Waals surface area contributed by atoms with Crippen LogP contribution < -0.4 is 10.6 Å². The van der Waals surface area contributed by atoms with E-state index in [1.165, 1.54) is 0 Å². The molecule has 1 heterocycles. The molecule has 1 aliphatic rings. The predicted octanol–water partition coefficient (Wildman–Crippen LogP) is 2.23. The normalized spacial score (nSPS) is 19.3. The second-order valence-corrected chi connectivity index (χ2v) is 5.93. The van der Waals surface area contributed by atoms with Crippen LogP contribution >= 0.6 is 0 Å². The maximum absolute atomic E-state index is 12.3. The summed E-state index contributed by atoms with van der Waals surface area (Å²) in [6, 6.07) is 6.64. The number of nitrogens with zero attached hydrogens (tertiary/aromatic N) is 1. The highest BCUT2D eigenvalue weighted by molar-refractivity contribution is 6.15. The molecule has 5 nitrogen and oxygen atoms in total. The van der Waals surface area contributed by atoms with Gasteiger partial charge < -0.3 is 10.5 Å². The molecule has 1 atom stereocenters. The van der Waals surface area contributed by atoms with Gasteiger partial charge in [-0.15, -0.1) is 0 Å². The van der Waals surface area contributed by atoms with E-state index in [9.17, 15) is 9.59 Å². The van der Waals surface area contributed by atoms with Crippen LogP contribution in [0.3, 0.4) is 0 Å². The van der Waals surface area contributed by atoms with Gasteiger partial charge in [0.05, 0.1) is 11.7 Å². The van der Waals surface area contributed by atoms with Crippen LogP contribution in [-0.2, 0) is 16.0 Å². The fourth-order valence-corrected chi connectivity index (χ4v) is 2.16. The summed E-state index contributed by atoms with van der Waals surface area (Å²) in [5.74, 6) is -0.413. The lowest BCUT2D eigenvalue weighted by atomic mass is 10.1. The number of carbonyl (C=O) groups excluding carboxylic acids is 2. The van der Waals surface area contributed by atoms with Crippen molar-refractivity contribution in [2.24, 2.45) is 5.73 Å². The van der Waals surface area contributed by atoms with Crippen LogP contribution in [-0.4, -0.2) is 23.6 Å². The van der Waals surface area contributed by atoms with Gasteiger partial charge in [0.15, 0.2) is 0 Å². The molecule has 108 valence electrons. The number of carbonyl (C=O) groups is 2. The van der Waals surface area contributed by atoms with E-state index in [1.54, 1.807) is 32.9 Å². The van der Waals surface area contributed by atoms with E-state index in [4.69, 9.17) is 10.5 Å². The molecule has 0 spiro atoms. The first-order chi connectivity index (χ1) is 9.29. The van der Waals surface area contributed by atoms with Gasteiger partial charge in [0, 0.05) is 0 Å². The van der Waals surface area contributed by atoms with Crippen LogP contribution in [0.2, 0.25) is 0 Å². The Morgan fingerprint density at radius 1 is 1.35 bits per heavy atom. The maximum atomic E-state index is 12.3. The Morgan fingerprint density at radius 2 is 2.00 bits per heavy atom. The van der Waals surface area contributed by atoms with Crippen LogP contribution in [0.4, 0.5) is 10.5 Å². The molecule has 0 saturated carbocycles. The van der Waals surface area contributed by atoms with E-state index in [2.05, 4.69) is 0 Å². The first-order valence-electron chi connectivity index (χ1n) is 6.70. The van der Waals surface area contributed by atoms with Gasteiger partial charge in [0.2, 0.25) is 0 Å². The lowest BCUT2D eigenvalue weighted by molar-refractivity contribution is -0.119. The Bertz CT molecular complexity index is 534. The van der Waals surface area contributed by atoms with Gasteiger partial charge in [-0.25, -0.2) is 9.69 Å². The number of para-hydroxylation sites is 1. The number of ether oxygens (including phenoxy) is 1. The molecule has 0 saturated heterocycles. The van der Waals surface area contributed by atoms with Crippen LogP contribution in [0.25, 0.3) is 0 Å². The molecule has 2 rings (SSSR count). The number of hydrogen-bond acceptors (Lipinski definition) is 4. The summed E-state index contributed by atoms with van der Waals surface area (Å²) in [5.41, 5.74) is 6.69. The molecule has 1 aromatic carbocycles. The van der Waals surface area contributed by atoms with E-state index in [-0.39, 0.29) is 0 Å². The zero-order valence-electron chi connectivity index (χ0n) is 12.1. The van der Waals surface area contributed by atoms with Crippen molar-refractivity contribution in [2.45, 2.75) is 45.3 Å². The van der Waals surface area contributed by atoms with Crippen molar-refractivity contribution in [2.75, 3.05) is 4.90 Å².